The molecular formula is C24H36FN3O3S. The molecule has 0 bridgehead atoms. The zero-order valence-electron chi connectivity index (χ0n) is 18.8. The van der Waals surface area contributed by atoms with Gasteiger partial charge in [-0.15, -0.1) is 0 Å². The molecule has 3 fully saturated rings. The summed E-state index contributed by atoms with van der Waals surface area (Å²) < 4.78 is 40.5. The van der Waals surface area contributed by atoms with Gasteiger partial charge in [-0.1, -0.05) is 6.42 Å². The molecule has 0 radical (unpaired) electrons. The fraction of sp³-hybridized carbons (Fsp3) is 0.708. The van der Waals surface area contributed by atoms with E-state index in [9.17, 15) is 17.6 Å². The van der Waals surface area contributed by atoms with Crippen LogP contribution in [0.4, 0.5) is 4.39 Å². The van der Waals surface area contributed by atoms with Crippen molar-refractivity contribution >= 4 is 15.9 Å². The van der Waals surface area contributed by atoms with Crippen molar-refractivity contribution in [2.45, 2.75) is 68.7 Å². The van der Waals surface area contributed by atoms with Crippen LogP contribution in [0, 0.1) is 23.6 Å². The minimum atomic E-state index is -3.64. The van der Waals surface area contributed by atoms with E-state index in [0.717, 1.165) is 44.4 Å². The summed E-state index contributed by atoms with van der Waals surface area (Å²) in [6.45, 7) is 3.57. The number of halogens is 1. The molecule has 32 heavy (non-hydrogen) atoms. The first kappa shape index (κ1) is 23.6. The Labute approximate surface area is 191 Å². The number of amides is 1. The summed E-state index contributed by atoms with van der Waals surface area (Å²) in [4.78, 5) is 15.5. The molecule has 0 unspecified atom stereocenters. The number of piperidine rings is 2. The van der Waals surface area contributed by atoms with Gasteiger partial charge in [0.15, 0.2) is 0 Å². The standard InChI is InChI=1S/C24H36FN3O3S/c25-21-10-12-22(13-11-21)32(30,31)27-16-18-6-8-19(9-7-18)24(29)26-17-20-4-3-15-28-14-2-1-5-23(20)28/h10-13,18-20,23,27H,1-9,14-17H2,(H,26,29)/t18?,19?,20-,23+/m0/s1. The van der Waals surface area contributed by atoms with E-state index in [4.69, 9.17) is 0 Å². The highest BCUT2D eigenvalue weighted by atomic mass is 32.2. The van der Waals surface area contributed by atoms with E-state index >= 15 is 0 Å². The normalized spacial score (nSPS) is 29.3. The molecule has 0 aromatic heterocycles. The number of sulfonamides is 1. The van der Waals surface area contributed by atoms with Crippen molar-refractivity contribution in [3.8, 4) is 0 Å². The van der Waals surface area contributed by atoms with Gasteiger partial charge in [-0.2, -0.15) is 0 Å². The van der Waals surface area contributed by atoms with E-state index in [1.165, 1.54) is 57.3 Å². The largest absolute Gasteiger partial charge is 0.356 e. The molecule has 1 aromatic rings. The third kappa shape index (κ3) is 5.88. The molecule has 2 saturated heterocycles. The Kier molecular flexibility index (Phi) is 7.84. The minimum Gasteiger partial charge on any atom is -0.356 e. The van der Waals surface area contributed by atoms with Crippen LogP contribution in [0.15, 0.2) is 29.2 Å². The first-order valence-electron chi connectivity index (χ1n) is 12.2. The lowest BCUT2D eigenvalue weighted by Gasteiger charge is -2.44. The van der Waals surface area contributed by atoms with Gasteiger partial charge in [0, 0.05) is 25.0 Å². The number of fused-ring (bicyclic) bond motifs is 1. The summed E-state index contributed by atoms with van der Waals surface area (Å²) in [6, 6.07) is 5.49. The molecule has 3 aliphatic rings. The predicted molar refractivity (Wildman–Crippen MR) is 122 cm³/mol. The van der Waals surface area contributed by atoms with Crippen LogP contribution in [0.25, 0.3) is 0 Å². The molecule has 2 aliphatic heterocycles. The highest BCUT2D eigenvalue weighted by molar-refractivity contribution is 7.89. The van der Waals surface area contributed by atoms with Gasteiger partial charge in [0.25, 0.3) is 0 Å². The van der Waals surface area contributed by atoms with Crippen LogP contribution in [0.3, 0.4) is 0 Å². The Balaban J connectivity index is 1.19. The fourth-order valence-corrected chi connectivity index (χ4v) is 6.86. The third-order valence-corrected chi connectivity index (χ3v) is 9.11. The van der Waals surface area contributed by atoms with E-state index in [1.807, 2.05) is 0 Å². The Hall–Kier alpha value is -1.51. The van der Waals surface area contributed by atoms with Gasteiger partial charge in [0.2, 0.25) is 15.9 Å². The molecule has 2 N–H and O–H groups in total. The third-order valence-electron chi connectivity index (χ3n) is 7.67. The molecule has 1 aromatic carbocycles. The van der Waals surface area contributed by atoms with Gasteiger partial charge in [-0.25, -0.2) is 17.5 Å². The van der Waals surface area contributed by atoms with E-state index < -0.39 is 15.8 Å². The zero-order chi connectivity index (χ0) is 22.6. The van der Waals surface area contributed by atoms with Crippen LogP contribution in [-0.2, 0) is 14.8 Å². The summed E-state index contributed by atoms with van der Waals surface area (Å²) in [5.41, 5.74) is 0. The predicted octanol–water partition coefficient (Wildman–Crippen LogP) is 3.29. The quantitative estimate of drug-likeness (QED) is 0.648. The average molecular weight is 466 g/mol. The highest BCUT2D eigenvalue weighted by Crippen LogP contribution is 2.32. The lowest BCUT2D eigenvalue weighted by Crippen LogP contribution is -2.51. The molecule has 4 rings (SSSR count). The lowest BCUT2D eigenvalue weighted by molar-refractivity contribution is -0.126. The molecule has 2 heterocycles. The monoisotopic (exact) mass is 465 g/mol. The molecule has 0 spiro atoms. The number of rotatable bonds is 7. The second-order valence-electron chi connectivity index (χ2n) is 9.77. The second-order valence-corrected chi connectivity index (χ2v) is 11.5. The van der Waals surface area contributed by atoms with E-state index in [-0.39, 0.29) is 22.6 Å². The topological polar surface area (TPSA) is 78.5 Å². The van der Waals surface area contributed by atoms with Gasteiger partial charge < -0.3 is 10.2 Å². The molecule has 6 nitrogen and oxygen atoms in total. The number of hydrogen-bond donors (Lipinski definition) is 2. The van der Waals surface area contributed by atoms with Crippen molar-refractivity contribution in [3.05, 3.63) is 30.1 Å². The molecular weight excluding hydrogens is 429 g/mol. The van der Waals surface area contributed by atoms with Crippen LogP contribution in [0.1, 0.15) is 57.8 Å². The van der Waals surface area contributed by atoms with E-state index in [0.29, 0.717) is 18.5 Å². The Morgan fingerprint density at radius 2 is 1.66 bits per heavy atom. The van der Waals surface area contributed by atoms with Crippen LogP contribution in [-0.4, -0.2) is 51.4 Å². The first-order valence-corrected chi connectivity index (χ1v) is 13.7. The molecule has 178 valence electrons. The van der Waals surface area contributed by atoms with Gasteiger partial charge in [0.05, 0.1) is 4.90 Å². The number of nitrogens with zero attached hydrogens (tertiary/aromatic N) is 1. The number of carbonyl (C=O) groups is 1. The fourth-order valence-electron chi connectivity index (χ4n) is 5.74. The number of nitrogens with one attached hydrogen (secondary N) is 2. The first-order chi connectivity index (χ1) is 15.4. The van der Waals surface area contributed by atoms with Crippen molar-refractivity contribution in [2.75, 3.05) is 26.2 Å². The van der Waals surface area contributed by atoms with Crippen molar-refractivity contribution in [1.82, 2.24) is 14.9 Å². The molecule has 2 atom stereocenters. The molecule has 1 amide bonds. The molecule has 8 heteroatoms. The second kappa shape index (κ2) is 10.6. The van der Waals surface area contributed by atoms with E-state index in [1.54, 1.807) is 0 Å². The maximum atomic E-state index is 13.0. The molecule has 1 saturated carbocycles. The van der Waals surface area contributed by atoms with Crippen LogP contribution in [0.2, 0.25) is 0 Å². The van der Waals surface area contributed by atoms with Gasteiger partial charge >= 0.3 is 0 Å². The summed E-state index contributed by atoms with van der Waals surface area (Å²) in [7, 11) is -3.64. The van der Waals surface area contributed by atoms with E-state index in [2.05, 4.69) is 14.9 Å². The van der Waals surface area contributed by atoms with Crippen LogP contribution in [0.5, 0.6) is 0 Å². The summed E-state index contributed by atoms with van der Waals surface area (Å²) in [6.07, 6.45) is 9.59. The van der Waals surface area contributed by atoms with Gasteiger partial charge in [-0.05, 0) is 101 Å². The van der Waals surface area contributed by atoms with Crippen LogP contribution >= 0.6 is 0 Å². The van der Waals surface area contributed by atoms with Crippen molar-refractivity contribution in [3.63, 3.8) is 0 Å². The van der Waals surface area contributed by atoms with Crippen molar-refractivity contribution in [2.24, 2.45) is 17.8 Å². The Morgan fingerprint density at radius 3 is 2.41 bits per heavy atom. The van der Waals surface area contributed by atoms with Gasteiger partial charge in [0.1, 0.15) is 5.82 Å². The zero-order valence-corrected chi connectivity index (χ0v) is 19.6. The summed E-state index contributed by atoms with van der Waals surface area (Å²) >= 11 is 0. The summed E-state index contributed by atoms with van der Waals surface area (Å²) in [5.74, 6) is 0.544. The van der Waals surface area contributed by atoms with Crippen molar-refractivity contribution < 1.29 is 17.6 Å². The summed E-state index contributed by atoms with van der Waals surface area (Å²) in [5, 5.41) is 3.24. The maximum absolute atomic E-state index is 13.0. The maximum Gasteiger partial charge on any atom is 0.240 e. The smallest absolute Gasteiger partial charge is 0.240 e. The molecule has 1 aliphatic carbocycles. The lowest BCUT2D eigenvalue weighted by atomic mass is 9.81. The highest BCUT2D eigenvalue weighted by Gasteiger charge is 2.34. The number of benzene rings is 1. The minimum absolute atomic E-state index is 0.0333. The van der Waals surface area contributed by atoms with Gasteiger partial charge in [-0.3, -0.25) is 4.79 Å². The Morgan fingerprint density at radius 1 is 0.938 bits per heavy atom. The Bertz CT molecular complexity index is 867. The number of hydrogen-bond acceptors (Lipinski definition) is 4. The average Bonchev–Trinajstić information content (AvgIpc) is 2.82. The van der Waals surface area contributed by atoms with Crippen molar-refractivity contribution in [1.29, 1.82) is 0 Å². The number of carbonyl (C=O) groups excluding carboxylic acids is 1. The SMILES string of the molecule is O=C(NC[C@@H]1CCCN2CCCC[C@H]12)C1CCC(CNS(=O)(=O)c2ccc(F)cc2)CC1. The van der Waals surface area contributed by atoms with Crippen LogP contribution < -0.4 is 10.0 Å².